The van der Waals surface area contributed by atoms with Crippen molar-refractivity contribution in [2.24, 2.45) is 5.92 Å². The van der Waals surface area contributed by atoms with Crippen LogP contribution in [0.2, 0.25) is 0 Å². The fourth-order valence-electron chi connectivity index (χ4n) is 3.07. The Kier molecular flexibility index (Phi) is 4.69. The van der Waals surface area contributed by atoms with Crippen molar-refractivity contribution >= 4 is 11.7 Å². The highest BCUT2D eigenvalue weighted by molar-refractivity contribution is 5.84. The number of aryl methyl sites for hydroxylation is 1. The minimum atomic E-state index is -0.546. The summed E-state index contributed by atoms with van der Waals surface area (Å²) in [5.41, 5.74) is 1.67. The van der Waals surface area contributed by atoms with Gasteiger partial charge in [0.2, 0.25) is 0 Å². The molecule has 0 saturated heterocycles. The van der Waals surface area contributed by atoms with Gasteiger partial charge in [-0.1, -0.05) is 31.0 Å². The SMILES string of the molecule is CCC1CCC(Nc2ccc(C)cc2)(C(=O)OC)CC1. The van der Waals surface area contributed by atoms with Crippen LogP contribution in [-0.4, -0.2) is 18.6 Å². The van der Waals surface area contributed by atoms with Gasteiger partial charge in [-0.3, -0.25) is 0 Å². The topological polar surface area (TPSA) is 38.3 Å². The first-order valence-corrected chi connectivity index (χ1v) is 7.53. The molecule has 1 N–H and O–H groups in total. The van der Waals surface area contributed by atoms with Crippen molar-refractivity contribution in [2.45, 2.75) is 51.5 Å². The third kappa shape index (κ3) is 3.14. The van der Waals surface area contributed by atoms with E-state index in [0.717, 1.165) is 37.3 Å². The lowest BCUT2D eigenvalue weighted by atomic mass is 9.75. The Morgan fingerprint density at radius 3 is 2.40 bits per heavy atom. The van der Waals surface area contributed by atoms with Gasteiger partial charge in [0.15, 0.2) is 0 Å². The van der Waals surface area contributed by atoms with Gasteiger partial charge in [0.25, 0.3) is 0 Å². The van der Waals surface area contributed by atoms with Gasteiger partial charge in [0, 0.05) is 5.69 Å². The molecular formula is C17H25NO2. The maximum atomic E-state index is 12.3. The average Bonchev–Trinajstić information content (AvgIpc) is 2.49. The fourth-order valence-corrected chi connectivity index (χ4v) is 3.07. The zero-order chi connectivity index (χ0) is 14.6. The summed E-state index contributed by atoms with van der Waals surface area (Å²) in [4.78, 5) is 12.3. The molecule has 0 aromatic heterocycles. The van der Waals surface area contributed by atoms with E-state index in [2.05, 4.69) is 31.3 Å². The largest absolute Gasteiger partial charge is 0.467 e. The van der Waals surface area contributed by atoms with Crippen LogP contribution in [0.1, 0.15) is 44.6 Å². The van der Waals surface area contributed by atoms with E-state index in [9.17, 15) is 4.79 Å². The Morgan fingerprint density at radius 2 is 1.90 bits per heavy atom. The molecule has 3 heteroatoms. The number of carbonyl (C=O) groups excluding carboxylic acids is 1. The van der Waals surface area contributed by atoms with Crippen molar-refractivity contribution in [3.63, 3.8) is 0 Å². The van der Waals surface area contributed by atoms with Gasteiger partial charge in [0.1, 0.15) is 5.54 Å². The predicted molar refractivity (Wildman–Crippen MR) is 81.8 cm³/mol. The van der Waals surface area contributed by atoms with E-state index in [1.165, 1.54) is 19.1 Å². The highest BCUT2D eigenvalue weighted by Gasteiger charge is 2.42. The van der Waals surface area contributed by atoms with Crippen LogP contribution < -0.4 is 5.32 Å². The standard InChI is InChI=1S/C17H25NO2/c1-4-14-9-11-17(12-10-14,16(19)20-3)18-15-7-5-13(2)6-8-15/h5-8,14,18H,4,9-12H2,1-3H3. The number of hydrogen-bond acceptors (Lipinski definition) is 3. The molecular weight excluding hydrogens is 250 g/mol. The van der Waals surface area contributed by atoms with Gasteiger partial charge >= 0.3 is 5.97 Å². The first-order valence-electron chi connectivity index (χ1n) is 7.53. The Hall–Kier alpha value is -1.51. The maximum absolute atomic E-state index is 12.3. The van der Waals surface area contributed by atoms with E-state index < -0.39 is 5.54 Å². The summed E-state index contributed by atoms with van der Waals surface area (Å²) >= 11 is 0. The molecule has 0 radical (unpaired) electrons. The predicted octanol–water partition coefficient (Wildman–Crippen LogP) is 3.92. The molecule has 1 fully saturated rings. The van der Waals surface area contributed by atoms with Gasteiger partial charge in [0.05, 0.1) is 7.11 Å². The van der Waals surface area contributed by atoms with Crippen molar-refractivity contribution in [3.05, 3.63) is 29.8 Å². The van der Waals surface area contributed by atoms with Crippen LogP contribution in [0.25, 0.3) is 0 Å². The monoisotopic (exact) mass is 275 g/mol. The lowest BCUT2D eigenvalue weighted by Crippen LogP contribution is -2.49. The summed E-state index contributed by atoms with van der Waals surface area (Å²) in [7, 11) is 1.48. The summed E-state index contributed by atoms with van der Waals surface area (Å²) in [6.45, 7) is 4.29. The quantitative estimate of drug-likeness (QED) is 0.846. The molecule has 110 valence electrons. The molecule has 3 nitrogen and oxygen atoms in total. The van der Waals surface area contributed by atoms with E-state index >= 15 is 0 Å². The van der Waals surface area contributed by atoms with Crippen molar-refractivity contribution < 1.29 is 9.53 Å². The number of hydrogen-bond donors (Lipinski definition) is 1. The van der Waals surface area contributed by atoms with Crippen molar-refractivity contribution in [1.29, 1.82) is 0 Å². The zero-order valence-electron chi connectivity index (χ0n) is 12.7. The average molecular weight is 275 g/mol. The summed E-state index contributed by atoms with van der Waals surface area (Å²) in [5.74, 6) is 0.611. The molecule has 20 heavy (non-hydrogen) atoms. The normalized spacial score (nSPS) is 26.1. The smallest absolute Gasteiger partial charge is 0.331 e. The molecule has 0 atom stereocenters. The molecule has 0 amide bonds. The van der Waals surface area contributed by atoms with Crippen molar-refractivity contribution in [3.8, 4) is 0 Å². The van der Waals surface area contributed by atoms with Crippen LogP contribution in [0.3, 0.4) is 0 Å². The lowest BCUT2D eigenvalue weighted by molar-refractivity contribution is -0.147. The van der Waals surface area contributed by atoms with Crippen LogP contribution in [0.5, 0.6) is 0 Å². The van der Waals surface area contributed by atoms with Crippen LogP contribution in [0.15, 0.2) is 24.3 Å². The van der Waals surface area contributed by atoms with Crippen LogP contribution >= 0.6 is 0 Å². The Bertz CT molecular complexity index is 445. The van der Waals surface area contributed by atoms with E-state index in [4.69, 9.17) is 4.74 Å². The first-order chi connectivity index (χ1) is 9.59. The minimum absolute atomic E-state index is 0.132. The lowest BCUT2D eigenvalue weighted by Gasteiger charge is -2.39. The molecule has 1 aliphatic rings. The zero-order valence-corrected chi connectivity index (χ0v) is 12.7. The number of esters is 1. The molecule has 0 aliphatic heterocycles. The molecule has 1 aliphatic carbocycles. The minimum Gasteiger partial charge on any atom is -0.467 e. The second-order valence-electron chi connectivity index (χ2n) is 5.92. The van der Waals surface area contributed by atoms with Crippen LogP contribution in [-0.2, 0) is 9.53 Å². The Balaban J connectivity index is 2.16. The number of ether oxygens (including phenoxy) is 1. The highest BCUT2D eigenvalue weighted by Crippen LogP contribution is 2.37. The van der Waals surface area contributed by atoms with E-state index in [-0.39, 0.29) is 5.97 Å². The maximum Gasteiger partial charge on any atom is 0.331 e. The van der Waals surface area contributed by atoms with Gasteiger partial charge < -0.3 is 10.1 Å². The molecule has 2 rings (SSSR count). The van der Waals surface area contributed by atoms with Crippen molar-refractivity contribution in [2.75, 3.05) is 12.4 Å². The number of benzene rings is 1. The molecule has 0 unspecified atom stereocenters. The fraction of sp³-hybridized carbons (Fsp3) is 0.588. The highest BCUT2D eigenvalue weighted by atomic mass is 16.5. The molecule has 1 aromatic carbocycles. The second-order valence-corrected chi connectivity index (χ2v) is 5.92. The summed E-state index contributed by atoms with van der Waals surface area (Å²) in [5, 5.41) is 3.44. The van der Waals surface area contributed by atoms with Crippen LogP contribution in [0, 0.1) is 12.8 Å². The van der Waals surface area contributed by atoms with Gasteiger partial charge in [-0.15, -0.1) is 0 Å². The number of nitrogens with one attached hydrogen (secondary N) is 1. The molecule has 1 aromatic rings. The first kappa shape index (κ1) is 14.9. The van der Waals surface area contributed by atoms with Gasteiger partial charge in [-0.2, -0.15) is 0 Å². The number of rotatable bonds is 4. The van der Waals surface area contributed by atoms with Gasteiger partial charge in [-0.05, 0) is 50.7 Å². The van der Waals surface area contributed by atoms with E-state index in [1.54, 1.807) is 0 Å². The van der Waals surface area contributed by atoms with E-state index in [1.807, 2.05) is 12.1 Å². The number of anilines is 1. The summed E-state index contributed by atoms with van der Waals surface area (Å²) in [6, 6.07) is 8.19. The second kappa shape index (κ2) is 6.29. The summed E-state index contributed by atoms with van der Waals surface area (Å²) < 4.78 is 5.06. The molecule has 1 saturated carbocycles. The van der Waals surface area contributed by atoms with Crippen LogP contribution in [0.4, 0.5) is 5.69 Å². The summed E-state index contributed by atoms with van der Waals surface area (Å²) in [6.07, 6.45) is 5.08. The molecule has 0 spiro atoms. The van der Waals surface area contributed by atoms with Gasteiger partial charge in [-0.25, -0.2) is 4.79 Å². The number of methoxy groups -OCH3 is 1. The Labute approximate surface area is 121 Å². The third-order valence-corrected chi connectivity index (χ3v) is 4.55. The third-order valence-electron chi connectivity index (χ3n) is 4.55. The molecule has 0 bridgehead atoms. The van der Waals surface area contributed by atoms with Crippen molar-refractivity contribution in [1.82, 2.24) is 0 Å². The van der Waals surface area contributed by atoms with E-state index in [0.29, 0.717) is 0 Å². The Morgan fingerprint density at radius 1 is 1.30 bits per heavy atom. The number of carbonyl (C=O) groups is 1. The molecule has 0 heterocycles.